The average molecular weight is 220 g/mol. The van der Waals surface area contributed by atoms with E-state index >= 15 is 0 Å². The van der Waals surface area contributed by atoms with E-state index in [2.05, 4.69) is 51.7 Å². The first-order valence-electron chi connectivity index (χ1n) is 6.66. The number of unbranched alkanes of at least 4 members (excludes halogenated alkanes) is 1. The Hall–Kier alpha value is -0.780. The van der Waals surface area contributed by atoms with Crippen LogP contribution in [0.15, 0.2) is 36.5 Å². The largest absolute Gasteiger partial charge is 0.100 e. The van der Waals surface area contributed by atoms with Crippen LogP contribution < -0.4 is 0 Å². The normalized spacial score (nSPS) is 13.7. The molecule has 0 spiro atoms. The molecule has 0 bridgehead atoms. The van der Waals surface area contributed by atoms with E-state index < -0.39 is 0 Å². The predicted octanol–water partition coefficient (Wildman–Crippen LogP) is 5.67. The van der Waals surface area contributed by atoms with Gasteiger partial charge in [0, 0.05) is 0 Å². The Morgan fingerprint density at radius 2 is 1.88 bits per heavy atom. The first kappa shape index (κ1) is 15.2. The minimum atomic E-state index is 0.729. The summed E-state index contributed by atoms with van der Waals surface area (Å²) < 4.78 is 0. The van der Waals surface area contributed by atoms with Crippen molar-refractivity contribution in [1.82, 2.24) is 0 Å². The van der Waals surface area contributed by atoms with Crippen LogP contribution in [0.25, 0.3) is 0 Å². The highest BCUT2D eigenvalue weighted by atomic mass is 14.0. The minimum absolute atomic E-state index is 0.729. The lowest BCUT2D eigenvalue weighted by atomic mass is 10.0. The van der Waals surface area contributed by atoms with Crippen molar-refractivity contribution in [1.29, 1.82) is 0 Å². The first-order chi connectivity index (χ1) is 7.70. The average Bonchev–Trinajstić information content (AvgIpc) is 2.26. The standard InChI is InChI=1S/C16H28/c1-5-7-9-13-16(6-2)14-11-8-10-12-15(3)4/h8-9,11,13,16H,3,5-7,10,12,14H2,1-2,4H3. The molecule has 0 N–H and O–H groups in total. The molecule has 0 aliphatic rings. The van der Waals surface area contributed by atoms with Crippen molar-refractivity contribution in [2.24, 2.45) is 5.92 Å². The van der Waals surface area contributed by atoms with Crippen molar-refractivity contribution in [3.63, 3.8) is 0 Å². The van der Waals surface area contributed by atoms with Crippen LogP contribution in [0.3, 0.4) is 0 Å². The van der Waals surface area contributed by atoms with Crippen LogP contribution in [-0.4, -0.2) is 0 Å². The molecule has 0 heterocycles. The third kappa shape index (κ3) is 9.76. The minimum Gasteiger partial charge on any atom is -0.100 e. The van der Waals surface area contributed by atoms with Crippen molar-refractivity contribution in [2.45, 2.75) is 59.3 Å². The lowest BCUT2D eigenvalue weighted by Crippen LogP contribution is -1.91. The van der Waals surface area contributed by atoms with E-state index in [1.165, 1.54) is 31.3 Å². The second kappa shape index (κ2) is 10.7. The van der Waals surface area contributed by atoms with Gasteiger partial charge >= 0.3 is 0 Å². The Labute approximate surface area is 102 Å². The van der Waals surface area contributed by atoms with Crippen LogP contribution in [0.5, 0.6) is 0 Å². The van der Waals surface area contributed by atoms with Crippen molar-refractivity contribution in [3.8, 4) is 0 Å². The van der Waals surface area contributed by atoms with Gasteiger partial charge in [-0.2, -0.15) is 0 Å². The van der Waals surface area contributed by atoms with Crippen molar-refractivity contribution >= 4 is 0 Å². The topological polar surface area (TPSA) is 0 Å². The number of hydrogen-bond acceptors (Lipinski definition) is 0. The molecule has 0 fully saturated rings. The number of hydrogen-bond donors (Lipinski definition) is 0. The molecule has 0 aromatic rings. The summed E-state index contributed by atoms with van der Waals surface area (Å²) in [6, 6.07) is 0. The molecule has 0 nitrogen and oxygen atoms in total. The van der Waals surface area contributed by atoms with Crippen molar-refractivity contribution in [2.75, 3.05) is 0 Å². The number of rotatable bonds is 9. The first-order valence-corrected chi connectivity index (χ1v) is 6.66. The summed E-state index contributed by atoms with van der Waals surface area (Å²) in [6.45, 7) is 10.5. The van der Waals surface area contributed by atoms with Crippen LogP contribution in [0.1, 0.15) is 59.3 Å². The Morgan fingerprint density at radius 1 is 1.12 bits per heavy atom. The van der Waals surface area contributed by atoms with Crippen LogP contribution >= 0.6 is 0 Å². The third-order valence-corrected chi connectivity index (χ3v) is 2.73. The van der Waals surface area contributed by atoms with E-state index in [4.69, 9.17) is 0 Å². The van der Waals surface area contributed by atoms with Crippen molar-refractivity contribution in [3.05, 3.63) is 36.5 Å². The van der Waals surface area contributed by atoms with E-state index in [0.717, 1.165) is 18.8 Å². The van der Waals surface area contributed by atoms with Gasteiger partial charge in [-0.15, -0.1) is 6.58 Å². The zero-order valence-electron chi connectivity index (χ0n) is 11.3. The van der Waals surface area contributed by atoms with Gasteiger partial charge in [0.25, 0.3) is 0 Å². The molecule has 0 saturated carbocycles. The van der Waals surface area contributed by atoms with E-state index in [1.807, 2.05) is 0 Å². The fraction of sp³-hybridized carbons (Fsp3) is 0.625. The van der Waals surface area contributed by atoms with Gasteiger partial charge < -0.3 is 0 Å². The molecule has 1 unspecified atom stereocenters. The maximum atomic E-state index is 3.91. The highest BCUT2D eigenvalue weighted by Gasteiger charge is 1.97. The SMILES string of the molecule is C=C(C)CCC=CCC(C=CCCC)CC. The van der Waals surface area contributed by atoms with E-state index in [1.54, 1.807) is 0 Å². The van der Waals surface area contributed by atoms with Crippen LogP contribution in [0.2, 0.25) is 0 Å². The quantitative estimate of drug-likeness (QED) is 0.439. The van der Waals surface area contributed by atoms with Gasteiger partial charge in [-0.05, 0) is 44.9 Å². The maximum absolute atomic E-state index is 3.91. The number of allylic oxidation sites excluding steroid dienone is 5. The molecular formula is C16H28. The summed E-state index contributed by atoms with van der Waals surface area (Å²) >= 11 is 0. The second-order valence-corrected chi connectivity index (χ2v) is 4.59. The predicted molar refractivity (Wildman–Crippen MR) is 75.6 cm³/mol. The van der Waals surface area contributed by atoms with Gasteiger partial charge in [-0.25, -0.2) is 0 Å². The summed E-state index contributed by atoms with van der Waals surface area (Å²) in [5.41, 5.74) is 1.28. The molecular weight excluding hydrogens is 192 g/mol. The zero-order valence-corrected chi connectivity index (χ0v) is 11.3. The summed E-state index contributed by atoms with van der Waals surface area (Å²) in [5.74, 6) is 0.729. The fourth-order valence-electron chi connectivity index (χ4n) is 1.56. The summed E-state index contributed by atoms with van der Waals surface area (Å²) in [7, 11) is 0. The van der Waals surface area contributed by atoms with Gasteiger partial charge in [0.1, 0.15) is 0 Å². The van der Waals surface area contributed by atoms with Crippen molar-refractivity contribution < 1.29 is 0 Å². The molecule has 0 rings (SSSR count). The molecule has 0 aromatic carbocycles. The molecule has 0 heteroatoms. The highest BCUT2D eigenvalue weighted by molar-refractivity contribution is 4.96. The van der Waals surface area contributed by atoms with E-state index in [-0.39, 0.29) is 0 Å². The van der Waals surface area contributed by atoms with E-state index in [9.17, 15) is 0 Å². The summed E-state index contributed by atoms with van der Waals surface area (Å²) in [5, 5.41) is 0. The highest BCUT2D eigenvalue weighted by Crippen LogP contribution is 2.12. The van der Waals surface area contributed by atoms with Gasteiger partial charge in [-0.1, -0.05) is 50.1 Å². The van der Waals surface area contributed by atoms with Gasteiger partial charge in [0.2, 0.25) is 0 Å². The van der Waals surface area contributed by atoms with Gasteiger partial charge in [0.05, 0.1) is 0 Å². The fourth-order valence-corrected chi connectivity index (χ4v) is 1.56. The Kier molecular flexibility index (Phi) is 10.2. The lowest BCUT2D eigenvalue weighted by Gasteiger charge is -2.05. The van der Waals surface area contributed by atoms with Crippen LogP contribution in [0, 0.1) is 5.92 Å². The Morgan fingerprint density at radius 3 is 2.44 bits per heavy atom. The molecule has 0 radical (unpaired) electrons. The monoisotopic (exact) mass is 220 g/mol. The molecule has 0 aromatic heterocycles. The zero-order chi connectivity index (χ0) is 12.2. The van der Waals surface area contributed by atoms with Crippen LogP contribution in [0.4, 0.5) is 0 Å². The summed E-state index contributed by atoms with van der Waals surface area (Å²) in [6.07, 6.45) is 16.5. The third-order valence-electron chi connectivity index (χ3n) is 2.73. The van der Waals surface area contributed by atoms with Crippen LogP contribution in [-0.2, 0) is 0 Å². The molecule has 0 aliphatic heterocycles. The lowest BCUT2D eigenvalue weighted by molar-refractivity contribution is 0.634. The van der Waals surface area contributed by atoms with E-state index in [0.29, 0.717) is 0 Å². The van der Waals surface area contributed by atoms with Gasteiger partial charge in [-0.3, -0.25) is 0 Å². The Bertz CT molecular complexity index is 220. The smallest absolute Gasteiger partial charge is 0.0202 e. The summed E-state index contributed by atoms with van der Waals surface area (Å²) in [4.78, 5) is 0. The second-order valence-electron chi connectivity index (χ2n) is 4.59. The molecule has 1 atom stereocenters. The Balaban J connectivity index is 3.72. The molecule has 0 saturated heterocycles. The molecule has 92 valence electrons. The molecule has 0 amide bonds. The molecule has 16 heavy (non-hydrogen) atoms. The maximum Gasteiger partial charge on any atom is -0.0202 e. The van der Waals surface area contributed by atoms with Gasteiger partial charge in [0.15, 0.2) is 0 Å². The molecule has 0 aliphatic carbocycles.